The number of aryl methyl sites for hydroxylation is 3. The maximum Gasteiger partial charge on any atom is 0.251 e. The molecule has 0 saturated carbocycles. The first-order valence-electron chi connectivity index (χ1n) is 11.8. The van der Waals surface area contributed by atoms with Crippen molar-refractivity contribution in [3.05, 3.63) is 76.5 Å². The summed E-state index contributed by atoms with van der Waals surface area (Å²) < 4.78 is 0. The summed E-state index contributed by atoms with van der Waals surface area (Å²) in [7, 11) is 0. The molecule has 1 aliphatic rings. The van der Waals surface area contributed by atoms with E-state index in [4.69, 9.17) is 4.98 Å². The van der Waals surface area contributed by atoms with Crippen molar-refractivity contribution in [3.8, 4) is 11.3 Å². The molecule has 0 spiro atoms. The molecule has 0 atom stereocenters. The fraction of sp³-hybridized carbons (Fsp3) is 0.259. The van der Waals surface area contributed by atoms with E-state index in [1.807, 2.05) is 37.3 Å². The SMILES string of the molecule is Cc1cnc(CNC(=O)c2ccc(-c3nc4ccc5n[nH]c(C)c5c4c4c3CCCC4)cc2)[nH]1. The molecule has 3 aromatic heterocycles. The van der Waals surface area contributed by atoms with Crippen molar-refractivity contribution in [2.75, 3.05) is 0 Å². The number of carbonyl (C=O) groups is 1. The van der Waals surface area contributed by atoms with Crippen molar-refractivity contribution in [1.82, 2.24) is 30.5 Å². The lowest BCUT2D eigenvalue weighted by molar-refractivity contribution is 0.0950. The van der Waals surface area contributed by atoms with E-state index in [1.165, 1.54) is 34.7 Å². The summed E-state index contributed by atoms with van der Waals surface area (Å²) in [4.78, 5) is 25.1. The van der Waals surface area contributed by atoms with Gasteiger partial charge in [0.05, 0.1) is 23.3 Å². The van der Waals surface area contributed by atoms with Crippen molar-refractivity contribution in [2.45, 2.75) is 46.1 Å². The number of H-pyrrole nitrogens is 2. The van der Waals surface area contributed by atoms with Gasteiger partial charge < -0.3 is 10.3 Å². The van der Waals surface area contributed by atoms with Crippen molar-refractivity contribution < 1.29 is 4.79 Å². The predicted octanol–water partition coefficient (Wildman–Crippen LogP) is 4.93. The summed E-state index contributed by atoms with van der Waals surface area (Å²) in [5, 5.41) is 13.0. The first-order valence-corrected chi connectivity index (χ1v) is 11.8. The van der Waals surface area contributed by atoms with Crippen LogP contribution >= 0.6 is 0 Å². The number of nitrogens with zero attached hydrogens (tertiary/aromatic N) is 3. The van der Waals surface area contributed by atoms with Gasteiger partial charge in [0.2, 0.25) is 0 Å². The van der Waals surface area contributed by atoms with Crippen LogP contribution in [0.1, 0.15) is 51.5 Å². The monoisotopic (exact) mass is 450 g/mol. The van der Waals surface area contributed by atoms with E-state index < -0.39 is 0 Å². The number of hydrogen-bond acceptors (Lipinski definition) is 4. The Morgan fingerprint density at radius 3 is 2.50 bits per heavy atom. The van der Waals surface area contributed by atoms with Crippen molar-refractivity contribution >= 4 is 27.7 Å². The lowest BCUT2D eigenvalue weighted by Crippen LogP contribution is -2.23. The van der Waals surface area contributed by atoms with E-state index >= 15 is 0 Å². The largest absolute Gasteiger partial charge is 0.345 e. The summed E-state index contributed by atoms with van der Waals surface area (Å²) in [5.41, 5.74) is 9.48. The molecule has 1 aliphatic carbocycles. The van der Waals surface area contributed by atoms with Gasteiger partial charge in [-0.05, 0) is 74.9 Å². The van der Waals surface area contributed by atoms with Gasteiger partial charge in [0.15, 0.2) is 0 Å². The van der Waals surface area contributed by atoms with Crippen LogP contribution in [0, 0.1) is 13.8 Å². The van der Waals surface area contributed by atoms with E-state index in [0.717, 1.165) is 52.3 Å². The molecule has 1 amide bonds. The number of aromatic nitrogens is 5. The highest BCUT2D eigenvalue weighted by Crippen LogP contribution is 2.38. The van der Waals surface area contributed by atoms with Crippen LogP contribution in [0.4, 0.5) is 0 Å². The zero-order valence-electron chi connectivity index (χ0n) is 19.3. The number of rotatable bonds is 4. The summed E-state index contributed by atoms with van der Waals surface area (Å²) in [6.07, 6.45) is 6.18. The lowest BCUT2D eigenvalue weighted by Gasteiger charge is -2.22. The van der Waals surface area contributed by atoms with Gasteiger partial charge in [-0.2, -0.15) is 5.10 Å². The molecule has 7 heteroatoms. The van der Waals surface area contributed by atoms with Crippen LogP contribution in [0.25, 0.3) is 33.1 Å². The highest BCUT2D eigenvalue weighted by atomic mass is 16.1. The second-order valence-electron chi connectivity index (χ2n) is 9.10. The Morgan fingerprint density at radius 2 is 1.74 bits per heavy atom. The minimum atomic E-state index is -0.119. The van der Waals surface area contributed by atoms with Crippen molar-refractivity contribution in [2.24, 2.45) is 0 Å². The standard InChI is InChI=1S/C27H26N6O/c1-15-13-28-23(30-15)14-29-27(34)18-9-7-17(8-10-18)26-20-6-4-3-5-19(20)25-21(31-26)11-12-22-24(25)16(2)32-33-22/h7-13H,3-6,14H2,1-2H3,(H,28,30)(H,29,34)(H,32,33). The zero-order chi connectivity index (χ0) is 23.2. The number of benzene rings is 2. The minimum Gasteiger partial charge on any atom is -0.345 e. The molecule has 3 N–H and O–H groups in total. The number of pyridine rings is 1. The molecule has 2 aromatic carbocycles. The molecule has 0 unspecified atom stereocenters. The first-order chi connectivity index (χ1) is 16.6. The normalized spacial score (nSPS) is 13.4. The molecule has 170 valence electrons. The third-order valence-electron chi connectivity index (χ3n) is 6.76. The summed E-state index contributed by atoms with van der Waals surface area (Å²) >= 11 is 0. The van der Waals surface area contributed by atoms with E-state index in [1.54, 1.807) is 6.20 Å². The lowest BCUT2D eigenvalue weighted by atomic mass is 9.85. The maximum absolute atomic E-state index is 12.6. The molecule has 34 heavy (non-hydrogen) atoms. The molecular weight excluding hydrogens is 424 g/mol. The molecule has 3 heterocycles. The second-order valence-corrected chi connectivity index (χ2v) is 9.10. The number of fused-ring (bicyclic) bond motifs is 5. The van der Waals surface area contributed by atoms with Gasteiger partial charge in [0.25, 0.3) is 5.91 Å². The third-order valence-corrected chi connectivity index (χ3v) is 6.76. The Kier molecular flexibility index (Phi) is 4.90. The van der Waals surface area contributed by atoms with Gasteiger partial charge in [-0.1, -0.05) is 12.1 Å². The molecule has 5 aromatic rings. The molecule has 0 saturated heterocycles. The number of aromatic amines is 2. The molecular formula is C27H26N6O. The van der Waals surface area contributed by atoms with Crippen LogP contribution in [0.3, 0.4) is 0 Å². The van der Waals surface area contributed by atoms with Crippen LogP contribution in [0.15, 0.2) is 42.6 Å². The molecule has 0 bridgehead atoms. The van der Waals surface area contributed by atoms with Crippen molar-refractivity contribution in [3.63, 3.8) is 0 Å². The van der Waals surface area contributed by atoms with Gasteiger partial charge >= 0.3 is 0 Å². The number of nitrogens with one attached hydrogen (secondary N) is 3. The third kappa shape index (κ3) is 3.44. The van der Waals surface area contributed by atoms with Gasteiger partial charge in [0, 0.05) is 39.5 Å². The quantitative estimate of drug-likeness (QED) is 0.362. The molecule has 0 radical (unpaired) electrons. The van der Waals surface area contributed by atoms with Gasteiger partial charge in [-0.25, -0.2) is 9.97 Å². The second kappa shape index (κ2) is 8.09. The molecule has 7 nitrogen and oxygen atoms in total. The van der Waals surface area contributed by atoms with E-state index in [0.29, 0.717) is 12.1 Å². The molecule has 6 rings (SSSR count). The Bertz CT molecular complexity index is 1540. The smallest absolute Gasteiger partial charge is 0.251 e. The topological polar surface area (TPSA) is 99.3 Å². The Balaban J connectivity index is 1.36. The van der Waals surface area contributed by atoms with Crippen LogP contribution in [-0.2, 0) is 19.4 Å². The first kappa shape index (κ1) is 20.6. The summed E-state index contributed by atoms with van der Waals surface area (Å²) in [6, 6.07) is 11.9. The number of imidazole rings is 1. The van der Waals surface area contributed by atoms with Gasteiger partial charge in [0.1, 0.15) is 5.82 Å². The van der Waals surface area contributed by atoms with Crippen LogP contribution in [0.5, 0.6) is 0 Å². The number of hydrogen-bond donors (Lipinski definition) is 3. The van der Waals surface area contributed by atoms with Crippen molar-refractivity contribution in [1.29, 1.82) is 0 Å². The van der Waals surface area contributed by atoms with Crippen LogP contribution < -0.4 is 5.32 Å². The Labute approximate surface area is 197 Å². The van der Waals surface area contributed by atoms with Gasteiger partial charge in [-0.3, -0.25) is 9.89 Å². The predicted molar refractivity (Wildman–Crippen MR) is 133 cm³/mol. The highest BCUT2D eigenvalue weighted by molar-refractivity contribution is 6.09. The summed E-state index contributed by atoms with van der Waals surface area (Å²) in [6.45, 7) is 4.39. The Hall–Kier alpha value is -4.00. The fourth-order valence-corrected chi connectivity index (χ4v) is 5.12. The average molecular weight is 451 g/mol. The zero-order valence-corrected chi connectivity index (χ0v) is 19.3. The van der Waals surface area contributed by atoms with E-state index in [-0.39, 0.29) is 5.91 Å². The van der Waals surface area contributed by atoms with Crippen LogP contribution in [0.2, 0.25) is 0 Å². The minimum absolute atomic E-state index is 0.119. The van der Waals surface area contributed by atoms with E-state index in [2.05, 4.69) is 38.5 Å². The molecule has 0 aliphatic heterocycles. The summed E-state index contributed by atoms with van der Waals surface area (Å²) in [5.74, 6) is 0.628. The van der Waals surface area contributed by atoms with E-state index in [9.17, 15) is 4.79 Å². The number of carbonyl (C=O) groups excluding carboxylic acids is 1. The van der Waals surface area contributed by atoms with Crippen LogP contribution in [-0.4, -0.2) is 31.1 Å². The van der Waals surface area contributed by atoms with Gasteiger partial charge in [-0.15, -0.1) is 0 Å². The molecule has 0 fully saturated rings. The maximum atomic E-state index is 12.6. The number of amides is 1. The fourth-order valence-electron chi connectivity index (χ4n) is 5.12. The Morgan fingerprint density at radius 1 is 0.971 bits per heavy atom. The highest BCUT2D eigenvalue weighted by Gasteiger charge is 2.22. The average Bonchev–Trinajstić information content (AvgIpc) is 3.47.